The number of carbonyl (C=O) groups excluding carboxylic acids is 1. The molecule has 0 N–H and O–H groups in total. The van der Waals surface area contributed by atoms with Gasteiger partial charge in [-0.15, -0.1) is 0 Å². The Bertz CT molecular complexity index is 706. The lowest BCUT2D eigenvalue weighted by Crippen LogP contribution is -2.48. The van der Waals surface area contributed by atoms with Gasteiger partial charge in [0.15, 0.2) is 0 Å². The van der Waals surface area contributed by atoms with Crippen LogP contribution in [-0.4, -0.2) is 44.1 Å². The van der Waals surface area contributed by atoms with Gasteiger partial charge in [0.05, 0.1) is 7.11 Å². The Hall–Kier alpha value is -1.91. The number of amides is 1. The third kappa shape index (κ3) is 3.77. The molecule has 0 saturated carbocycles. The van der Waals surface area contributed by atoms with Crippen LogP contribution in [0.3, 0.4) is 0 Å². The second kappa shape index (κ2) is 7.32. The van der Waals surface area contributed by atoms with E-state index in [2.05, 4.69) is 4.90 Å². The molecule has 3 rings (SSSR count). The zero-order chi connectivity index (χ0) is 17.1. The molecule has 1 aliphatic heterocycles. The maximum atomic E-state index is 12.6. The normalized spacial score (nSPS) is 14.6. The maximum absolute atomic E-state index is 12.6. The van der Waals surface area contributed by atoms with Gasteiger partial charge in [-0.3, -0.25) is 4.79 Å². The summed E-state index contributed by atoms with van der Waals surface area (Å²) in [6.45, 7) is 2.89. The zero-order valence-corrected chi connectivity index (χ0v) is 14.8. The Kier molecular flexibility index (Phi) is 5.17. The molecule has 6 heteroatoms. The van der Waals surface area contributed by atoms with E-state index in [9.17, 15) is 4.79 Å². The molecule has 1 amide bonds. The first-order valence-electron chi connectivity index (χ1n) is 7.71. The molecular weight excluding hydrogens is 347 g/mol. The number of rotatable bonds is 3. The van der Waals surface area contributed by atoms with Gasteiger partial charge in [-0.05, 0) is 42.5 Å². The molecular formula is C18H18Cl2N2O2. The largest absolute Gasteiger partial charge is 0.497 e. The van der Waals surface area contributed by atoms with Crippen LogP contribution >= 0.6 is 23.2 Å². The van der Waals surface area contributed by atoms with Crippen molar-refractivity contribution >= 4 is 34.8 Å². The number of benzene rings is 2. The van der Waals surface area contributed by atoms with Crippen LogP contribution in [0.5, 0.6) is 5.75 Å². The number of piperazine rings is 1. The van der Waals surface area contributed by atoms with E-state index in [1.165, 1.54) is 0 Å². The predicted molar refractivity (Wildman–Crippen MR) is 97.6 cm³/mol. The Morgan fingerprint density at radius 2 is 1.54 bits per heavy atom. The van der Waals surface area contributed by atoms with Crippen molar-refractivity contribution in [1.82, 2.24) is 4.90 Å². The Labute approximate surface area is 151 Å². The first kappa shape index (κ1) is 16.9. The SMILES string of the molecule is COc1ccc(N2CCN(C(=O)c3cc(Cl)cc(Cl)c3)CC2)cc1. The molecule has 0 spiro atoms. The highest BCUT2D eigenvalue weighted by atomic mass is 35.5. The average Bonchev–Trinajstić information content (AvgIpc) is 2.60. The number of carbonyl (C=O) groups is 1. The van der Waals surface area contributed by atoms with Crippen LogP contribution in [0.15, 0.2) is 42.5 Å². The van der Waals surface area contributed by atoms with Gasteiger partial charge in [0.2, 0.25) is 0 Å². The fourth-order valence-corrected chi connectivity index (χ4v) is 3.35. The van der Waals surface area contributed by atoms with Crippen molar-refractivity contribution in [3.63, 3.8) is 0 Å². The molecule has 1 aliphatic rings. The van der Waals surface area contributed by atoms with Gasteiger partial charge in [0.25, 0.3) is 5.91 Å². The molecule has 2 aromatic carbocycles. The average molecular weight is 365 g/mol. The molecule has 0 aliphatic carbocycles. The summed E-state index contributed by atoms with van der Waals surface area (Å²) in [5.41, 5.74) is 1.67. The highest BCUT2D eigenvalue weighted by molar-refractivity contribution is 6.35. The van der Waals surface area contributed by atoms with Crippen LogP contribution in [0.1, 0.15) is 10.4 Å². The fourth-order valence-electron chi connectivity index (χ4n) is 2.82. The summed E-state index contributed by atoms with van der Waals surface area (Å²) in [6, 6.07) is 12.9. The van der Waals surface area contributed by atoms with Gasteiger partial charge in [0.1, 0.15) is 5.75 Å². The minimum Gasteiger partial charge on any atom is -0.497 e. The second-order valence-electron chi connectivity index (χ2n) is 5.64. The summed E-state index contributed by atoms with van der Waals surface area (Å²) >= 11 is 12.0. The standard InChI is InChI=1S/C18H18Cl2N2O2/c1-24-17-4-2-16(3-5-17)21-6-8-22(9-7-21)18(23)13-10-14(19)12-15(20)11-13/h2-5,10-12H,6-9H2,1H3. The lowest BCUT2D eigenvalue weighted by atomic mass is 10.1. The summed E-state index contributed by atoms with van der Waals surface area (Å²) < 4.78 is 5.18. The molecule has 126 valence electrons. The summed E-state index contributed by atoms with van der Waals surface area (Å²) in [5.74, 6) is 0.805. The third-order valence-corrected chi connectivity index (χ3v) is 4.55. The van der Waals surface area contributed by atoms with Crippen molar-refractivity contribution in [3.05, 3.63) is 58.1 Å². The molecule has 24 heavy (non-hydrogen) atoms. The van der Waals surface area contributed by atoms with Crippen molar-refractivity contribution in [3.8, 4) is 5.75 Å². The number of ether oxygens (including phenoxy) is 1. The van der Waals surface area contributed by atoms with Crippen molar-refractivity contribution < 1.29 is 9.53 Å². The smallest absolute Gasteiger partial charge is 0.254 e. The molecule has 0 unspecified atom stereocenters. The van der Waals surface area contributed by atoms with E-state index in [1.807, 2.05) is 29.2 Å². The van der Waals surface area contributed by atoms with Crippen LogP contribution in [0.4, 0.5) is 5.69 Å². The minimum absolute atomic E-state index is 0.0335. The number of halogens is 2. The lowest BCUT2D eigenvalue weighted by molar-refractivity contribution is 0.0747. The van der Waals surface area contributed by atoms with E-state index in [0.717, 1.165) is 24.5 Å². The summed E-state index contributed by atoms with van der Waals surface area (Å²) in [7, 11) is 1.65. The van der Waals surface area contributed by atoms with E-state index in [-0.39, 0.29) is 5.91 Å². The first-order chi connectivity index (χ1) is 11.6. The summed E-state index contributed by atoms with van der Waals surface area (Å²) in [6.07, 6.45) is 0. The number of nitrogens with zero attached hydrogens (tertiary/aromatic N) is 2. The van der Waals surface area contributed by atoms with Crippen LogP contribution in [0.25, 0.3) is 0 Å². The predicted octanol–water partition coefficient (Wildman–Crippen LogP) is 3.96. The van der Waals surface area contributed by atoms with Gasteiger partial charge in [-0.2, -0.15) is 0 Å². The van der Waals surface area contributed by atoms with Crippen LogP contribution in [0.2, 0.25) is 10.0 Å². The van der Waals surface area contributed by atoms with Crippen LogP contribution in [-0.2, 0) is 0 Å². The van der Waals surface area contributed by atoms with Gasteiger partial charge < -0.3 is 14.5 Å². The van der Waals surface area contributed by atoms with E-state index in [0.29, 0.717) is 28.7 Å². The molecule has 0 aromatic heterocycles. The van der Waals surface area contributed by atoms with Gasteiger partial charge in [-0.1, -0.05) is 23.2 Å². The molecule has 0 radical (unpaired) electrons. The Morgan fingerprint density at radius 3 is 2.08 bits per heavy atom. The van der Waals surface area contributed by atoms with E-state index in [4.69, 9.17) is 27.9 Å². The second-order valence-corrected chi connectivity index (χ2v) is 6.51. The number of hydrogen-bond donors (Lipinski definition) is 0. The van der Waals surface area contributed by atoms with E-state index in [1.54, 1.807) is 25.3 Å². The van der Waals surface area contributed by atoms with Crippen molar-refractivity contribution in [2.24, 2.45) is 0 Å². The number of hydrogen-bond acceptors (Lipinski definition) is 3. The number of anilines is 1. The summed E-state index contributed by atoms with van der Waals surface area (Å²) in [4.78, 5) is 16.7. The molecule has 1 heterocycles. The Balaban J connectivity index is 1.64. The molecule has 1 fully saturated rings. The van der Waals surface area contributed by atoms with Crippen molar-refractivity contribution in [1.29, 1.82) is 0 Å². The molecule has 0 atom stereocenters. The summed E-state index contributed by atoms with van der Waals surface area (Å²) in [5, 5.41) is 0.949. The van der Waals surface area contributed by atoms with Crippen molar-refractivity contribution in [2.45, 2.75) is 0 Å². The monoisotopic (exact) mass is 364 g/mol. The van der Waals surface area contributed by atoms with Gasteiger partial charge in [0, 0.05) is 47.5 Å². The highest BCUT2D eigenvalue weighted by Crippen LogP contribution is 2.23. The molecule has 1 saturated heterocycles. The minimum atomic E-state index is -0.0335. The molecule has 4 nitrogen and oxygen atoms in total. The molecule has 0 bridgehead atoms. The zero-order valence-electron chi connectivity index (χ0n) is 13.3. The van der Waals surface area contributed by atoms with Gasteiger partial charge in [-0.25, -0.2) is 0 Å². The lowest BCUT2D eigenvalue weighted by Gasteiger charge is -2.36. The Morgan fingerprint density at radius 1 is 0.958 bits per heavy atom. The van der Waals surface area contributed by atoms with Crippen LogP contribution in [0, 0.1) is 0 Å². The van der Waals surface area contributed by atoms with E-state index >= 15 is 0 Å². The first-order valence-corrected chi connectivity index (χ1v) is 8.47. The van der Waals surface area contributed by atoms with Crippen LogP contribution < -0.4 is 9.64 Å². The van der Waals surface area contributed by atoms with Crippen molar-refractivity contribution in [2.75, 3.05) is 38.2 Å². The van der Waals surface area contributed by atoms with E-state index < -0.39 is 0 Å². The molecule has 2 aromatic rings. The maximum Gasteiger partial charge on any atom is 0.254 e. The third-order valence-electron chi connectivity index (χ3n) is 4.11. The highest BCUT2D eigenvalue weighted by Gasteiger charge is 2.22. The van der Waals surface area contributed by atoms with Gasteiger partial charge >= 0.3 is 0 Å². The number of methoxy groups -OCH3 is 1. The quantitative estimate of drug-likeness (QED) is 0.825. The topological polar surface area (TPSA) is 32.8 Å². The fraction of sp³-hybridized carbons (Fsp3) is 0.278.